The fraction of sp³-hybridized carbons (Fsp3) is 0.417. The minimum Gasteiger partial charge on any atom is -0.452 e. The molecule has 1 heterocycles. The number of nitrogens with zero attached hydrogens (tertiary/aromatic N) is 2. The highest BCUT2D eigenvalue weighted by Gasteiger charge is 2.23. The molecule has 1 saturated heterocycles. The van der Waals surface area contributed by atoms with Crippen molar-refractivity contribution in [3.05, 3.63) is 53.6 Å². The summed E-state index contributed by atoms with van der Waals surface area (Å²) in [5, 5.41) is 2.76. The Bertz CT molecular complexity index is 1110. The summed E-state index contributed by atoms with van der Waals surface area (Å²) < 4.78 is 31.8. The third-order valence-corrected chi connectivity index (χ3v) is 7.75. The fourth-order valence-corrected chi connectivity index (χ4v) is 5.36. The van der Waals surface area contributed by atoms with Gasteiger partial charge < -0.3 is 15.0 Å². The monoisotopic (exact) mass is 473 g/mol. The van der Waals surface area contributed by atoms with E-state index in [1.165, 1.54) is 41.4 Å². The van der Waals surface area contributed by atoms with E-state index in [4.69, 9.17) is 4.74 Å². The van der Waals surface area contributed by atoms with E-state index >= 15 is 0 Å². The highest BCUT2D eigenvalue weighted by molar-refractivity contribution is 7.89. The minimum atomic E-state index is -3.70. The molecule has 3 rings (SSSR count). The number of sulfonamides is 1. The van der Waals surface area contributed by atoms with Crippen LogP contribution in [0.5, 0.6) is 0 Å². The summed E-state index contributed by atoms with van der Waals surface area (Å²) in [7, 11) is -3.70. The topological polar surface area (TPSA) is 96.0 Å². The highest BCUT2D eigenvalue weighted by atomic mass is 32.2. The van der Waals surface area contributed by atoms with Crippen LogP contribution in [-0.4, -0.2) is 57.4 Å². The Labute approximate surface area is 195 Å². The van der Waals surface area contributed by atoms with Crippen LogP contribution in [0.1, 0.15) is 42.6 Å². The van der Waals surface area contributed by atoms with Crippen LogP contribution in [0.3, 0.4) is 0 Å². The van der Waals surface area contributed by atoms with Gasteiger partial charge in [-0.2, -0.15) is 4.31 Å². The molecule has 2 aromatic carbocycles. The summed E-state index contributed by atoms with van der Waals surface area (Å²) >= 11 is 0. The van der Waals surface area contributed by atoms with E-state index in [0.29, 0.717) is 18.8 Å². The smallest absolute Gasteiger partial charge is 0.338 e. The van der Waals surface area contributed by atoms with Gasteiger partial charge in [0.05, 0.1) is 10.5 Å². The summed E-state index contributed by atoms with van der Waals surface area (Å²) in [5.41, 5.74) is 2.79. The number of carbonyl (C=O) groups excluding carboxylic acids is 2. The Kier molecular flexibility index (Phi) is 8.10. The molecule has 0 atom stereocenters. The molecule has 9 heteroatoms. The van der Waals surface area contributed by atoms with Gasteiger partial charge in [0.15, 0.2) is 6.61 Å². The van der Waals surface area contributed by atoms with Crippen LogP contribution in [0, 0.1) is 6.92 Å². The number of hydrogen-bond acceptors (Lipinski definition) is 6. The van der Waals surface area contributed by atoms with Crippen LogP contribution in [0.2, 0.25) is 0 Å². The van der Waals surface area contributed by atoms with Crippen molar-refractivity contribution < 1.29 is 22.7 Å². The Morgan fingerprint density at radius 1 is 1.06 bits per heavy atom. The summed E-state index contributed by atoms with van der Waals surface area (Å²) in [6.07, 6.45) is 2.38. The summed E-state index contributed by atoms with van der Waals surface area (Å²) in [4.78, 5) is 27.1. The zero-order valence-corrected chi connectivity index (χ0v) is 20.2. The van der Waals surface area contributed by atoms with E-state index in [1.54, 1.807) is 13.8 Å². The molecule has 8 nitrogen and oxygen atoms in total. The van der Waals surface area contributed by atoms with Crippen molar-refractivity contribution in [2.45, 2.75) is 38.5 Å². The SMILES string of the molecule is CCN(CC)S(=O)(=O)c1cccc(C(=O)OCC(=O)Nc2ccc(N3CCCC3)cc2C)c1. The predicted octanol–water partition coefficient (Wildman–Crippen LogP) is 3.42. The Balaban J connectivity index is 1.60. The highest BCUT2D eigenvalue weighted by Crippen LogP contribution is 2.25. The van der Waals surface area contributed by atoms with Crippen molar-refractivity contribution in [3.63, 3.8) is 0 Å². The number of rotatable bonds is 9. The zero-order valence-electron chi connectivity index (χ0n) is 19.3. The number of esters is 1. The molecule has 0 unspecified atom stereocenters. The van der Waals surface area contributed by atoms with Gasteiger partial charge in [0.2, 0.25) is 10.0 Å². The van der Waals surface area contributed by atoms with Gasteiger partial charge in [-0.3, -0.25) is 4.79 Å². The molecular formula is C24H31N3O5S. The number of ether oxygens (including phenoxy) is 1. The lowest BCUT2D eigenvalue weighted by Crippen LogP contribution is -2.30. The first kappa shape index (κ1) is 24.7. The first-order chi connectivity index (χ1) is 15.8. The maximum atomic E-state index is 12.7. The third kappa shape index (κ3) is 5.91. The number of hydrogen-bond donors (Lipinski definition) is 1. The molecule has 0 spiro atoms. The molecule has 1 aliphatic heterocycles. The van der Waals surface area contributed by atoms with E-state index in [2.05, 4.69) is 10.2 Å². The van der Waals surface area contributed by atoms with E-state index in [-0.39, 0.29) is 10.5 Å². The molecule has 1 fully saturated rings. The van der Waals surface area contributed by atoms with Crippen LogP contribution in [0.25, 0.3) is 0 Å². The first-order valence-electron chi connectivity index (χ1n) is 11.2. The van der Waals surface area contributed by atoms with E-state index in [9.17, 15) is 18.0 Å². The molecule has 178 valence electrons. The van der Waals surface area contributed by atoms with E-state index < -0.39 is 28.5 Å². The number of nitrogens with one attached hydrogen (secondary N) is 1. The maximum Gasteiger partial charge on any atom is 0.338 e. The second kappa shape index (κ2) is 10.8. The molecule has 1 N–H and O–H groups in total. The first-order valence-corrected chi connectivity index (χ1v) is 12.6. The quantitative estimate of drug-likeness (QED) is 0.561. The molecule has 0 radical (unpaired) electrons. The average Bonchev–Trinajstić information content (AvgIpc) is 3.34. The molecule has 0 aromatic heterocycles. The Hall–Kier alpha value is -2.91. The lowest BCUT2D eigenvalue weighted by atomic mass is 10.1. The summed E-state index contributed by atoms with van der Waals surface area (Å²) in [6, 6.07) is 11.5. The Morgan fingerprint density at radius 3 is 2.39 bits per heavy atom. The van der Waals surface area contributed by atoms with Crippen LogP contribution < -0.4 is 10.2 Å². The molecular weight excluding hydrogens is 442 g/mol. The van der Waals surface area contributed by atoms with Crippen LogP contribution in [0.4, 0.5) is 11.4 Å². The van der Waals surface area contributed by atoms with Gasteiger partial charge in [-0.15, -0.1) is 0 Å². The predicted molar refractivity (Wildman–Crippen MR) is 128 cm³/mol. The fourth-order valence-electron chi connectivity index (χ4n) is 3.86. The maximum absolute atomic E-state index is 12.7. The number of amides is 1. The Morgan fingerprint density at radius 2 is 1.76 bits per heavy atom. The van der Waals surface area contributed by atoms with E-state index in [0.717, 1.165) is 24.3 Å². The standard InChI is InChI=1S/C24H31N3O5S/c1-4-27(5-2)33(30,31)21-10-8-9-19(16-21)24(29)32-17-23(28)25-22-12-11-20(15-18(22)3)26-13-6-7-14-26/h8-12,15-16H,4-7,13-14,17H2,1-3H3,(H,25,28). The van der Waals surface area contributed by atoms with Crippen LogP contribution in [0.15, 0.2) is 47.4 Å². The van der Waals surface area contributed by atoms with Crippen LogP contribution in [-0.2, 0) is 19.6 Å². The largest absolute Gasteiger partial charge is 0.452 e. The molecule has 0 bridgehead atoms. The van der Waals surface area contributed by atoms with Gasteiger partial charge in [0.25, 0.3) is 5.91 Å². The minimum absolute atomic E-state index is 0.0128. The molecule has 1 amide bonds. The van der Waals surface area contributed by atoms with Crippen molar-refractivity contribution in [2.75, 3.05) is 43.0 Å². The van der Waals surface area contributed by atoms with Crippen molar-refractivity contribution in [1.29, 1.82) is 0 Å². The average molecular weight is 474 g/mol. The number of anilines is 2. The summed E-state index contributed by atoms with van der Waals surface area (Å²) in [5.74, 6) is -1.23. The lowest BCUT2D eigenvalue weighted by Gasteiger charge is -2.19. The zero-order chi connectivity index (χ0) is 24.0. The third-order valence-electron chi connectivity index (χ3n) is 5.70. The van der Waals surface area contributed by atoms with Crippen molar-refractivity contribution in [2.24, 2.45) is 0 Å². The number of benzene rings is 2. The lowest BCUT2D eigenvalue weighted by molar-refractivity contribution is -0.119. The molecule has 33 heavy (non-hydrogen) atoms. The molecule has 0 saturated carbocycles. The van der Waals surface area contributed by atoms with Gasteiger partial charge in [0.1, 0.15) is 0 Å². The molecule has 2 aromatic rings. The number of aryl methyl sites for hydroxylation is 1. The van der Waals surface area contributed by atoms with Gasteiger partial charge >= 0.3 is 5.97 Å². The van der Waals surface area contributed by atoms with Gasteiger partial charge in [0, 0.05) is 37.6 Å². The van der Waals surface area contributed by atoms with Gasteiger partial charge in [-0.05, 0) is 61.7 Å². The normalized spacial score (nSPS) is 13.9. The molecule has 0 aliphatic carbocycles. The number of carbonyl (C=O) groups is 2. The van der Waals surface area contributed by atoms with Crippen LogP contribution >= 0.6 is 0 Å². The second-order valence-electron chi connectivity index (χ2n) is 7.93. The summed E-state index contributed by atoms with van der Waals surface area (Å²) in [6.45, 7) is 7.68. The van der Waals surface area contributed by atoms with E-state index in [1.807, 2.05) is 25.1 Å². The van der Waals surface area contributed by atoms with Crippen molar-refractivity contribution in [1.82, 2.24) is 4.31 Å². The van der Waals surface area contributed by atoms with Crippen molar-refractivity contribution >= 4 is 33.3 Å². The van der Waals surface area contributed by atoms with Gasteiger partial charge in [-0.25, -0.2) is 13.2 Å². The van der Waals surface area contributed by atoms with Crippen molar-refractivity contribution in [3.8, 4) is 0 Å². The molecule has 1 aliphatic rings. The second-order valence-corrected chi connectivity index (χ2v) is 9.87. The van der Waals surface area contributed by atoms with Gasteiger partial charge in [-0.1, -0.05) is 19.9 Å².